The van der Waals surface area contributed by atoms with Gasteiger partial charge in [0.2, 0.25) is 11.8 Å². The van der Waals surface area contributed by atoms with Crippen LogP contribution in [0, 0.1) is 17.8 Å². The van der Waals surface area contributed by atoms with Crippen LogP contribution in [-0.2, 0) is 21.9 Å². The number of piperidine rings is 1. The molecule has 1 aromatic heterocycles. The largest absolute Gasteiger partial charge is 0.464 e. The Morgan fingerprint density at radius 3 is 2.71 bits per heavy atom. The van der Waals surface area contributed by atoms with Gasteiger partial charge >= 0.3 is 0 Å². The van der Waals surface area contributed by atoms with Gasteiger partial charge in [-0.3, -0.25) is 29.4 Å². The predicted octanol–water partition coefficient (Wildman–Crippen LogP) is 4.03. The van der Waals surface area contributed by atoms with Crippen LogP contribution in [-0.4, -0.2) is 40.1 Å². The molecule has 5 fully saturated rings. The van der Waals surface area contributed by atoms with E-state index < -0.39 is 23.8 Å². The highest BCUT2D eigenvalue weighted by Crippen LogP contribution is 2.59. The number of amides is 4. The monoisotopic (exact) mass is 533 g/mol. The second-order valence-corrected chi connectivity index (χ2v) is 12.6. The summed E-state index contributed by atoms with van der Waals surface area (Å²) in [5.74, 6) is 2.92. The lowest BCUT2D eigenvalue weighted by atomic mass is 9.79. The Morgan fingerprint density at radius 1 is 1.00 bits per heavy atom. The van der Waals surface area contributed by atoms with E-state index in [1.54, 1.807) is 12.1 Å². The molecule has 38 heavy (non-hydrogen) atoms. The van der Waals surface area contributed by atoms with Crippen LogP contribution in [0.4, 0.5) is 0 Å². The van der Waals surface area contributed by atoms with Gasteiger partial charge in [-0.2, -0.15) is 0 Å². The van der Waals surface area contributed by atoms with Crippen LogP contribution in [0.25, 0.3) is 0 Å². The van der Waals surface area contributed by atoms with Gasteiger partial charge in [0.15, 0.2) is 0 Å². The highest BCUT2D eigenvalue weighted by Gasteiger charge is 2.57. The molecule has 4 amide bonds. The number of fused-ring (bicyclic) bond motifs is 3. The lowest BCUT2D eigenvalue weighted by Crippen LogP contribution is -2.54. The minimum Gasteiger partial charge on any atom is -0.464 e. The summed E-state index contributed by atoms with van der Waals surface area (Å²) in [5.41, 5.74) is 0.909. The number of rotatable bonds is 7. The molecule has 9 heteroatoms. The van der Waals surface area contributed by atoms with Crippen molar-refractivity contribution in [1.82, 2.24) is 15.5 Å². The number of thioether (sulfide) groups is 1. The molecular weight excluding hydrogens is 502 g/mol. The molecule has 4 bridgehead atoms. The summed E-state index contributed by atoms with van der Waals surface area (Å²) >= 11 is 1.45. The number of hydrogen-bond acceptors (Lipinski definition) is 7. The Labute approximate surface area is 225 Å². The van der Waals surface area contributed by atoms with Crippen molar-refractivity contribution in [1.29, 1.82) is 0 Å². The number of carbonyl (C=O) groups excluding carboxylic acids is 4. The van der Waals surface area contributed by atoms with Crippen molar-refractivity contribution in [3.8, 4) is 0 Å². The molecule has 2 N–H and O–H groups in total. The van der Waals surface area contributed by atoms with Crippen molar-refractivity contribution in [3.63, 3.8) is 0 Å². The highest BCUT2D eigenvalue weighted by molar-refractivity contribution is 7.98. The van der Waals surface area contributed by atoms with Crippen LogP contribution in [0.5, 0.6) is 0 Å². The molecule has 6 aliphatic rings. The van der Waals surface area contributed by atoms with Crippen molar-refractivity contribution in [2.75, 3.05) is 0 Å². The van der Waals surface area contributed by atoms with E-state index in [-0.39, 0.29) is 18.7 Å². The summed E-state index contributed by atoms with van der Waals surface area (Å²) in [7, 11) is 0. The van der Waals surface area contributed by atoms with Gasteiger partial charge in [0.05, 0.1) is 23.4 Å². The molecule has 198 valence electrons. The first-order chi connectivity index (χ1) is 18.4. The van der Waals surface area contributed by atoms with Crippen LogP contribution in [0.2, 0.25) is 0 Å². The molecule has 0 spiro atoms. The van der Waals surface area contributed by atoms with Crippen molar-refractivity contribution in [2.45, 2.75) is 80.1 Å². The minimum atomic E-state index is -0.966. The SMILES string of the molecule is O=C1CCC(N2C(=O)c3cccc(SCc4ccc(CNC56CC7CCCC5CC7C6)o4)c3C2=O)C(=O)N1. The van der Waals surface area contributed by atoms with E-state index in [4.69, 9.17) is 4.42 Å². The fraction of sp³-hybridized carbons (Fsp3) is 0.517. The van der Waals surface area contributed by atoms with E-state index in [1.807, 2.05) is 18.2 Å². The maximum Gasteiger partial charge on any atom is 0.263 e. The molecule has 2 aliphatic heterocycles. The normalized spacial score (nSPS) is 31.7. The fourth-order valence-corrected chi connectivity index (χ4v) is 8.78. The van der Waals surface area contributed by atoms with Crippen molar-refractivity contribution in [2.24, 2.45) is 17.8 Å². The summed E-state index contributed by atoms with van der Waals surface area (Å²) in [5, 5.41) is 6.14. The number of hydrogen-bond donors (Lipinski definition) is 2. The third-order valence-corrected chi connectivity index (χ3v) is 10.6. The van der Waals surface area contributed by atoms with Crippen LogP contribution >= 0.6 is 11.8 Å². The Morgan fingerprint density at radius 2 is 1.84 bits per heavy atom. The second-order valence-electron chi connectivity index (χ2n) is 11.6. The number of benzene rings is 1. The van der Waals surface area contributed by atoms with Gasteiger partial charge in [0.1, 0.15) is 17.6 Å². The maximum absolute atomic E-state index is 13.3. The van der Waals surface area contributed by atoms with Gasteiger partial charge in [0, 0.05) is 16.9 Å². The Kier molecular flexibility index (Phi) is 5.78. The Bertz CT molecular complexity index is 1350. The lowest BCUT2D eigenvalue weighted by Gasteiger charge is -2.36. The number of carbonyl (C=O) groups is 4. The van der Waals surface area contributed by atoms with E-state index >= 15 is 0 Å². The van der Waals surface area contributed by atoms with Crippen LogP contribution < -0.4 is 10.6 Å². The summed E-state index contributed by atoms with van der Waals surface area (Å²) < 4.78 is 6.16. The molecule has 1 aromatic carbocycles. The van der Waals surface area contributed by atoms with Crippen molar-refractivity contribution >= 4 is 35.4 Å². The summed E-state index contributed by atoms with van der Waals surface area (Å²) in [6.45, 7) is 0.731. The zero-order valence-electron chi connectivity index (χ0n) is 21.2. The average Bonchev–Trinajstić information content (AvgIpc) is 3.59. The molecule has 1 saturated heterocycles. The summed E-state index contributed by atoms with van der Waals surface area (Å²) in [4.78, 5) is 52.0. The molecule has 8 nitrogen and oxygen atoms in total. The molecule has 2 aromatic rings. The first-order valence-corrected chi connectivity index (χ1v) is 14.7. The molecule has 4 aliphatic carbocycles. The quantitative estimate of drug-likeness (QED) is 0.409. The first-order valence-electron chi connectivity index (χ1n) is 13.7. The van der Waals surface area contributed by atoms with Crippen LogP contribution in [0.15, 0.2) is 39.6 Å². The van der Waals surface area contributed by atoms with Crippen LogP contribution in [0.3, 0.4) is 0 Å². The number of furan rings is 1. The zero-order chi connectivity index (χ0) is 26.0. The van der Waals surface area contributed by atoms with E-state index in [0.29, 0.717) is 27.3 Å². The average molecular weight is 534 g/mol. The first kappa shape index (κ1) is 24.2. The van der Waals surface area contributed by atoms with E-state index in [9.17, 15) is 19.2 Å². The number of nitrogens with one attached hydrogen (secondary N) is 2. The summed E-state index contributed by atoms with van der Waals surface area (Å²) in [6, 6.07) is 8.24. The smallest absolute Gasteiger partial charge is 0.263 e. The summed E-state index contributed by atoms with van der Waals surface area (Å²) in [6.07, 6.45) is 8.39. The molecule has 4 saturated carbocycles. The van der Waals surface area contributed by atoms with E-state index in [2.05, 4.69) is 10.6 Å². The van der Waals surface area contributed by atoms with Gasteiger partial charge in [-0.1, -0.05) is 18.9 Å². The van der Waals surface area contributed by atoms with Gasteiger partial charge in [-0.15, -0.1) is 11.8 Å². The van der Waals surface area contributed by atoms with Crippen molar-refractivity contribution in [3.05, 3.63) is 53.0 Å². The third-order valence-electron chi connectivity index (χ3n) is 9.55. The molecule has 0 radical (unpaired) electrons. The molecular formula is C29H31N3O5S. The number of nitrogens with zero attached hydrogens (tertiary/aromatic N) is 1. The third kappa shape index (κ3) is 3.85. The molecule has 5 atom stereocenters. The van der Waals surface area contributed by atoms with E-state index in [0.717, 1.165) is 40.7 Å². The molecule has 8 rings (SSSR count). The predicted molar refractivity (Wildman–Crippen MR) is 139 cm³/mol. The second kappa shape index (κ2) is 9.09. The van der Waals surface area contributed by atoms with Gasteiger partial charge < -0.3 is 9.73 Å². The minimum absolute atomic E-state index is 0.101. The van der Waals surface area contributed by atoms with Gasteiger partial charge in [-0.05, 0) is 74.1 Å². The van der Waals surface area contributed by atoms with Gasteiger partial charge in [-0.25, -0.2) is 0 Å². The fourth-order valence-electron chi connectivity index (χ4n) is 7.81. The Hall–Kier alpha value is -2.91. The maximum atomic E-state index is 13.3. The Balaban J connectivity index is 1.02. The lowest BCUT2D eigenvalue weighted by molar-refractivity contribution is -0.136. The molecule has 5 unspecified atom stereocenters. The van der Waals surface area contributed by atoms with Gasteiger partial charge in [0.25, 0.3) is 11.8 Å². The van der Waals surface area contributed by atoms with Crippen molar-refractivity contribution < 1.29 is 23.6 Å². The van der Waals surface area contributed by atoms with Crippen LogP contribution in [0.1, 0.15) is 83.6 Å². The van der Waals surface area contributed by atoms with E-state index in [1.165, 1.54) is 50.3 Å². The standard InChI is InChI=1S/C29H31N3O5S/c33-24-10-9-22(26(34)31-24)32-27(35)21-5-2-6-23(25(21)28(32)36)38-15-20-8-7-19(37-20)14-30-29-12-16-3-1-4-18(29)11-17(16)13-29/h2,5-8,16-18,22,30H,1,3-4,9-15H2,(H,31,33,34). The topological polar surface area (TPSA) is 109 Å². The zero-order valence-corrected chi connectivity index (χ0v) is 22.0. The molecule has 3 heterocycles. The number of imide groups is 2. The highest BCUT2D eigenvalue weighted by atomic mass is 32.2.